The summed E-state index contributed by atoms with van der Waals surface area (Å²) in [5.41, 5.74) is 0.138. The minimum absolute atomic E-state index is 0.0950. The molecule has 0 aliphatic rings. The van der Waals surface area contributed by atoms with Crippen LogP contribution in [-0.4, -0.2) is 11.7 Å². The van der Waals surface area contributed by atoms with Gasteiger partial charge in [0.2, 0.25) is 5.78 Å². The van der Waals surface area contributed by atoms with Crippen molar-refractivity contribution in [1.29, 1.82) is 0 Å². The predicted octanol–water partition coefficient (Wildman–Crippen LogP) is 1.56. The van der Waals surface area contributed by atoms with Crippen LogP contribution in [-0.2, 0) is 16.1 Å². The molecule has 0 aliphatic heterocycles. The van der Waals surface area contributed by atoms with Crippen molar-refractivity contribution in [2.75, 3.05) is 0 Å². The van der Waals surface area contributed by atoms with Crippen molar-refractivity contribution < 1.29 is 18.4 Å². The fourth-order valence-corrected chi connectivity index (χ4v) is 1.10. The lowest BCUT2D eigenvalue weighted by Crippen LogP contribution is -2.30. The highest BCUT2D eigenvalue weighted by Gasteiger charge is 2.11. The number of nitrogens with one attached hydrogen (secondary N) is 1. The van der Waals surface area contributed by atoms with Crippen LogP contribution in [0.4, 0.5) is 8.78 Å². The lowest BCUT2D eigenvalue weighted by molar-refractivity contribution is -0.137. The number of carbonyl (C=O) groups is 2. The van der Waals surface area contributed by atoms with Crippen molar-refractivity contribution in [2.24, 2.45) is 0 Å². The van der Waals surface area contributed by atoms with Crippen molar-refractivity contribution in [3.05, 3.63) is 35.4 Å². The first-order valence-electron chi connectivity index (χ1n) is 4.79. The summed E-state index contributed by atoms with van der Waals surface area (Å²) in [7, 11) is 0. The molecule has 0 radical (unpaired) electrons. The number of carbonyl (C=O) groups excluding carboxylic acids is 2. The number of benzene rings is 1. The van der Waals surface area contributed by atoms with Gasteiger partial charge in [-0.15, -0.1) is 0 Å². The predicted molar refractivity (Wildman–Crippen MR) is 53.5 cm³/mol. The van der Waals surface area contributed by atoms with Crippen LogP contribution in [0.25, 0.3) is 0 Å². The molecule has 1 aromatic carbocycles. The van der Waals surface area contributed by atoms with Gasteiger partial charge in [-0.05, 0) is 6.07 Å². The van der Waals surface area contributed by atoms with Gasteiger partial charge >= 0.3 is 0 Å². The van der Waals surface area contributed by atoms with E-state index in [1.807, 2.05) is 0 Å². The standard InChI is InChI=1S/C11H11F2NO2/c1-2-10(15)11(16)14-6-7-3-4-8(12)5-9(7)13/h3-5H,2,6H2,1H3,(H,14,16). The molecule has 0 saturated heterocycles. The Morgan fingerprint density at radius 1 is 1.31 bits per heavy atom. The third-order valence-corrected chi connectivity index (χ3v) is 2.03. The van der Waals surface area contributed by atoms with Crippen LogP contribution in [0.1, 0.15) is 18.9 Å². The Kier molecular flexibility index (Phi) is 4.10. The van der Waals surface area contributed by atoms with E-state index in [0.717, 1.165) is 12.1 Å². The summed E-state index contributed by atoms with van der Waals surface area (Å²) in [6, 6.07) is 3.04. The first-order chi connectivity index (χ1) is 7.54. The number of hydrogen-bond acceptors (Lipinski definition) is 2. The minimum Gasteiger partial charge on any atom is -0.345 e. The van der Waals surface area contributed by atoms with E-state index in [1.54, 1.807) is 6.92 Å². The Balaban J connectivity index is 2.61. The number of hydrogen-bond donors (Lipinski definition) is 1. The van der Waals surface area contributed by atoms with Crippen molar-refractivity contribution in [3.8, 4) is 0 Å². The SMILES string of the molecule is CCC(=O)C(=O)NCc1ccc(F)cc1F. The van der Waals surface area contributed by atoms with Gasteiger partial charge in [-0.2, -0.15) is 0 Å². The van der Waals surface area contributed by atoms with Crippen LogP contribution in [0.15, 0.2) is 18.2 Å². The van der Waals surface area contributed by atoms with E-state index in [-0.39, 0.29) is 18.5 Å². The van der Waals surface area contributed by atoms with Crippen molar-refractivity contribution in [2.45, 2.75) is 19.9 Å². The van der Waals surface area contributed by atoms with Crippen molar-refractivity contribution >= 4 is 11.7 Å². The van der Waals surface area contributed by atoms with E-state index >= 15 is 0 Å². The molecule has 1 rings (SSSR count). The molecule has 0 atom stereocenters. The molecule has 1 amide bonds. The largest absolute Gasteiger partial charge is 0.345 e. The summed E-state index contributed by atoms with van der Waals surface area (Å²) in [6.07, 6.45) is 0.0950. The summed E-state index contributed by atoms with van der Waals surface area (Å²) >= 11 is 0. The van der Waals surface area contributed by atoms with Crippen LogP contribution in [0, 0.1) is 11.6 Å². The second kappa shape index (κ2) is 5.34. The second-order valence-electron chi connectivity index (χ2n) is 3.20. The summed E-state index contributed by atoms with van der Waals surface area (Å²) in [5, 5.41) is 2.26. The molecule has 0 spiro atoms. The summed E-state index contributed by atoms with van der Waals surface area (Å²) < 4.78 is 25.7. The number of rotatable bonds is 4. The summed E-state index contributed by atoms with van der Waals surface area (Å²) in [6.45, 7) is 1.43. The van der Waals surface area contributed by atoms with E-state index in [9.17, 15) is 18.4 Å². The summed E-state index contributed by atoms with van der Waals surface area (Å²) in [5.74, 6) is -2.75. The van der Waals surface area contributed by atoms with Gasteiger partial charge in [-0.3, -0.25) is 9.59 Å². The van der Waals surface area contributed by atoms with Crippen LogP contribution in [0.3, 0.4) is 0 Å². The summed E-state index contributed by atoms with van der Waals surface area (Å²) in [4.78, 5) is 22.0. The molecule has 1 aromatic rings. The molecular weight excluding hydrogens is 216 g/mol. The average molecular weight is 227 g/mol. The van der Waals surface area contributed by atoms with Gasteiger partial charge in [-0.1, -0.05) is 13.0 Å². The molecule has 0 fully saturated rings. The molecule has 86 valence electrons. The van der Waals surface area contributed by atoms with Crippen LogP contribution < -0.4 is 5.32 Å². The number of Topliss-reactive ketones (excluding diaryl/α,β-unsaturated/α-hetero) is 1. The molecule has 0 heterocycles. The van der Waals surface area contributed by atoms with Gasteiger partial charge in [0.05, 0.1) is 0 Å². The van der Waals surface area contributed by atoms with Crippen LogP contribution in [0.2, 0.25) is 0 Å². The Morgan fingerprint density at radius 2 is 2.00 bits per heavy atom. The van der Waals surface area contributed by atoms with Gasteiger partial charge < -0.3 is 5.32 Å². The topological polar surface area (TPSA) is 46.2 Å². The van der Waals surface area contributed by atoms with E-state index in [2.05, 4.69) is 5.32 Å². The van der Waals surface area contributed by atoms with Gasteiger partial charge in [0.15, 0.2) is 0 Å². The zero-order chi connectivity index (χ0) is 12.1. The average Bonchev–Trinajstić information content (AvgIpc) is 2.26. The Labute approximate surface area is 91.5 Å². The van der Waals surface area contributed by atoms with Crippen LogP contribution >= 0.6 is 0 Å². The maximum Gasteiger partial charge on any atom is 0.287 e. The van der Waals surface area contributed by atoms with E-state index < -0.39 is 23.3 Å². The fourth-order valence-electron chi connectivity index (χ4n) is 1.10. The van der Waals surface area contributed by atoms with Gasteiger partial charge in [0.1, 0.15) is 11.6 Å². The molecule has 0 saturated carbocycles. The molecule has 1 N–H and O–H groups in total. The van der Waals surface area contributed by atoms with E-state index in [0.29, 0.717) is 0 Å². The second-order valence-corrected chi connectivity index (χ2v) is 3.20. The van der Waals surface area contributed by atoms with Crippen LogP contribution in [0.5, 0.6) is 0 Å². The smallest absolute Gasteiger partial charge is 0.287 e. The Bertz CT molecular complexity index is 418. The first-order valence-corrected chi connectivity index (χ1v) is 4.79. The van der Waals surface area contributed by atoms with Gasteiger partial charge in [0, 0.05) is 24.6 Å². The van der Waals surface area contributed by atoms with Crippen molar-refractivity contribution in [1.82, 2.24) is 5.32 Å². The molecule has 3 nitrogen and oxygen atoms in total. The lowest BCUT2D eigenvalue weighted by Gasteiger charge is -2.04. The zero-order valence-electron chi connectivity index (χ0n) is 8.72. The first kappa shape index (κ1) is 12.3. The molecule has 16 heavy (non-hydrogen) atoms. The minimum atomic E-state index is -0.758. The quantitative estimate of drug-likeness (QED) is 0.793. The maximum absolute atomic E-state index is 13.1. The number of halogens is 2. The molecule has 5 heteroatoms. The highest BCUT2D eigenvalue weighted by Crippen LogP contribution is 2.08. The van der Waals surface area contributed by atoms with E-state index in [4.69, 9.17) is 0 Å². The normalized spacial score (nSPS) is 9.94. The molecule has 0 unspecified atom stereocenters. The lowest BCUT2D eigenvalue weighted by atomic mass is 10.2. The Hall–Kier alpha value is -1.78. The van der Waals surface area contributed by atoms with Gasteiger partial charge in [0.25, 0.3) is 5.91 Å². The Morgan fingerprint density at radius 3 is 2.56 bits per heavy atom. The highest BCUT2D eigenvalue weighted by atomic mass is 19.1. The fraction of sp³-hybridized carbons (Fsp3) is 0.273. The number of amides is 1. The van der Waals surface area contributed by atoms with E-state index in [1.165, 1.54) is 6.07 Å². The monoisotopic (exact) mass is 227 g/mol. The maximum atomic E-state index is 13.1. The van der Waals surface area contributed by atoms with Gasteiger partial charge in [-0.25, -0.2) is 8.78 Å². The number of ketones is 1. The molecular formula is C11H11F2NO2. The van der Waals surface area contributed by atoms with Crippen molar-refractivity contribution in [3.63, 3.8) is 0 Å². The third kappa shape index (κ3) is 3.12. The molecule has 0 bridgehead atoms. The highest BCUT2D eigenvalue weighted by molar-refractivity contribution is 6.35. The zero-order valence-corrected chi connectivity index (χ0v) is 8.72. The molecule has 0 aliphatic carbocycles. The molecule has 0 aromatic heterocycles. The third-order valence-electron chi connectivity index (χ3n) is 2.03.